The first-order valence-electron chi connectivity index (χ1n) is 5.92. The molecule has 0 heterocycles. The van der Waals surface area contributed by atoms with E-state index in [0.717, 1.165) is 17.1 Å². The van der Waals surface area contributed by atoms with Gasteiger partial charge in [0.05, 0.1) is 18.6 Å². The quantitative estimate of drug-likeness (QED) is 0.891. The first-order valence-corrected chi connectivity index (χ1v) is 6.91. The fourth-order valence-corrected chi connectivity index (χ4v) is 2.38. The topological polar surface area (TPSA) is 46.5 Å². The lowest BCUT2D eigenvalue weighted by Gasteiger charge is -2.28. The Balaban J connectivity index is 2.90. The lowest BCUT2D eigenvalue weighted by Crippen LogP contribution is -2.29. The van der Waals surface area contributed by atoms with Crippen molar-refractivity contribution in [3.63, 3.8) is 0 Å². The van der Waals surface area contributed by atoms with E-state index in [0.29, 0.717) is 0 Å². The van der Waals surface area contributed by atoms with Crippen LogP contribution in [-0.2, 0) is 4.79 Å². The largest absolute Gasteiger partial charge is 0.497 e. The smallest absolute Gasteiger partial charge is 0.197 e. The second-order valence-electron chi connectivity index (χ2n) is 4.62. The molecular formula is C14H20O3S. The van der Waals surface area contributed by atoms with Gasteiger partial charge in [-0.1, -0.05) is 30.8 Å². The Bertz CT molecular complexity index is 398. The van der Waals surface area contributed by atoms with Gasteiger partial charge in [0, 0.05) is 0 Å². The molecule has 18 heavy (non-hydrogen) atoms. The lowest BCUT2D eigenvalue weighted by atomic mass is 9.84. The van der Waals surface area contributed by atoms with E-state index in [1.165, 1.54) is 11.8 Å². The molecular weight excluding hydrogens is 248 g/mol. The summed E-state index contributed by atoms with van der Waals surface area (Å²) in [4.78, 5) is 12.0. The third-order valence-corrected chi connectivity index (χ3v) is 3.99. The van der Waals surface area contributed by atoms with Gasteiger partial charge < -0.3 is 9.84 Å². The van der Waals surface area contributed by atoms with Gasteiger partial charge in [-0.2, -0.15) is 0 Å². The van der Waals surface area contributed by atoms with E-state index in [4.69, 9.17) is 4.74 Å². The van der Waals surface area contributed by atoms with Crippen molar-refractivity contribution in [1.82, 2.24) is 0 Å². The molecule has 0 saturated heterocycles. The number of carbonyl (C=O) groups is 1. The molecule has 0 aliphatic carbocycles. The maximum absolute atomic E-state index is 12.0. The van der Waals surface area contributed by atoms with Crippen LogP contribution in [0.4, 0.5) is 0 Å². The number of rotatable bonds is 5. The van der Waals surface area contributed by atoms with E-state index in [1.807, 2.05) is 6.92 Å². The van der Waals surface area contributed by atoms with Crippen LogP contribution in [0.2, 0.25) is 0 Å². The van der Waals surface area contributed by atoms with Crippen molar-refractivity contribution in [1.29, 1.82) is 0 Å². The Kier molecular flexibility index (Phi) is 5.23. The Morgan fingerprint density at radius 3 is 2.39 bits per heavy atom. The third kappa shape index (κ3) is 3.27. The monoisotopic (exact) mass is 268 g/mol. The highest BCUT2D eigenvalue weighted by molar-refractivity contribution is 8.13. The van der Waals surface area contributed by atoms with Crippen molar-refractivity contribution in [2.45, 2.75) is 26.9 Å². The second-order valence-corrected chi connectivity index (χ2v) is 5.85. The van der Waals surface area contributed by atoms with Crippen molar-refractivity contribution in [3.8, 4) is 5.75 Å². The molecule has 0 amide bonds. The minimum Gasteiger partial charge on any atom is -0.497 e. The van der Waals surface area contributed by atoms with E-state index in [2.05, 4.69) is 0 Å². The molecule has 1 aromatic rings. The number of ether oxygens (including phenoxy) is 1. The number of hydrogen-bond donors (Lipinski definition) is 1. The SMILES string of the molecule is CCSC(=O)C(C)(C)C(O)c1ccc(OC)cc1. The van der Waals surface area contributed by atoms with Gasteiger partial charge in [-0.15, -0.1) is 0 Å². The van der Waals surface area contributed by atoms with Crippen LogP contribution in [0.5, 0.6) is 5.75 Å². The van der Waals surface area contributed by atoms with Crippen LogP contribution in [0.1, 0.15) is 32.4 Å². The van der Waals surface area contributed by atoms with Gasteiger partial charge >= 0.3 is 0 Å². The van der Waals surface area contributed by atoms with Gasteiger partial charge in [0.1, 0.15) is 5.75 Å². The Morgan fingerprint density at radius 1 is 1.39 bits per heavy atom. The number of thioether (sulfide) groups is 1. The van der Waals surface area contributed by atoms with Crippen LogP contribution in [-0.4, -0.2) is 23.1 Å². The first-order chi connectivity index (χ1) is 8.43. The van der Waals surface area contributed by atoms with Crippen LogP contribution >= 0.6 is 11.8 Å². The molecule has 0 aliphatic rings. The summed E-state index contributed by atoms with van der Waals surface area (Å²) in [7, 11) is 1.59. The van der Waals surface area contributed by atoms with Gasteiger partial charge in [0.15, 0.2) is 5.12 Å². The highest BCUT2D eigenvalue weighted by Gasteiger charge is 2.36. The van der Waals surface area contributed by atoms with Crippen LogP contribution in [0.25, 0.3) is 0 Å². The molecule has 0 radical (unpaired) electrons. The van der Waals surface area contributed by atoms with Crippen LogP contribution in [0.15, 0.2) is 24.3 Å². The molecule has 100 valence electrons. The van der Waals surface area contributed by atoms with E-state index < -0.39 is 11.5 Å². The first kappa shape index (κ1) is 15.1. The molecule has 0 spiro atoms. The Morgan fingerprint density at radius 2 is 1.94 bits per heavy atom. The van der Waals surface area contributed by atoms with Crippen LogP contribution in [0.3, 0.4) is 0 Å². The molecule has 3 nitrogen and oxygen atoms in total. The average molecular weight is 268 g/mol. The minimum atomic E-state index is -0.810. The predicted octanol–water partition coefficient (Wildman–Crippen LogP) is 3.03. The Labute approximate surface area is 113 Å². The number of carbonyl (C=O) groups excluding carboxylic acids is 1. The molecule has 0 aromatic heterocycles. The zero-order valence-electron chi connectivity index (χ0n) is 11.3. The van der Waals surface area contributed by atoms with Gasteiger partial charge in [-0.05, 0) is 37.3 Å². The summed E-state index contributed by atoms with van der Waals surface area (Å²) in [6, 6.07) is 7.14. The van der Waals surface area contributed by atoms with Gasteiger partial charge in [-0.25, -0.2) is 0 Å². The third-order valence-electron chi connectivity index (χ3n) is 2.92. The summed E-state index contributed by atoms with van der Waals surface area (Å²) in [5.41, 5.74) is -0.0687. The predicted molar refractivity (Wildman–Crippen MR) is 74.9 cm³/mol. The molecule has 1 rings (SSSR count). The summed E-state index contributed by atoms with van der Waals surface area (Å²) in [6.07, 6.45) is -0.810. The van der Waals surface area contributed by atoms with Crippen molar-refractivity contribution >= 4 is 16.9 Å². The maximum Gasteiger partial charge on any atom is 0.197 e. The summed E-state index contributed by atoms with van der Waals surface area (Å²) in [6.45, 7) is 5.47. The summed E-state index contributed by atoms with van der Waals surface area (Å²) in [5, 5.41) is 10.3. The molecule has 1 aromatic carbocycles. The van der Waals surface area contributed by atoms with Gasteiger partial charge in [0.25, 0.3) is 0 Å². The number of aliphatic hydroxyl groups excluding tert-OH is 1. The molecule has 0 saturated carbocycles. The summed E-state index contributed by atoms with van der Waals surface area (Å²) in [5.74, 6) is 1.45. The minimum absolute atomic E-state index is 0.00770. The highest BCUT2D eigenvalue weighted by atomic mass is 32.2. The fourth-order valence-electron chi connectivity index (χ4n) is 1.63. The summed E-state index contributed by atoms with van der Waals surface area (Å²) < 4.78 is 5.07. The van der Waals surface area contributed by atoms with Gasteiger partial charge in [-0.3, -0.25) is 4.79 Å². The van der Waals surface area contributed by atoms with E-state index in [1.54, 1.807) is 45.2 Å². The zero-order valence-corrected chi connectivity index (χ0v) is 12.1. The van der Waals surface area contributed by atoms with Crippen molar-refractivity contribution in [3.05, 3.63) is 29.8 Å². The molecule has 1 N–H and O–H groups in total. The zero-order chi connectivity index (χ0) is 13.8. The van der Waals surface area contributed by atoms with E-state index >= 15 is 0 Å². The molecule has 1 unspecified atom stereocenters. The lowest BCUT2D eigenvalue weighted by molar-refractivity contribution is -0.123. The summed E-state index contributed by atoms with van der Waals surface area (Å²) >= 11 is 1.25. The number of aliphatic hydroxyl groups is 1. The van der Waals surface area contributed by atoms with Crippen LogP contribution in [0, 0.1) is 5.41 Å². The maximum atomic E-state index is 12.0. The van der Waals surface area contributed by atoms with Crippen LogP contribution < -0.4 is 4.74 Å². The van der Waals surface area contributed by atoms with Gasteiger partial charge in [0.2, 0.25) is 0 Å². The van der Waals surface area contributed by atoms with Crippen molar-refractivity contribution < 1.29 is 14.6 Å². The standard InChI is InChI=1S/C14H20O3S/c1-5-18-13(16)14(2,3)12(15)10-6-8-11(17-4)9-7-10/h6-9,12,15H,5H2,1-4H3. The van der Waals surface area contributed by atoms with E-state index in [9.17, 15) is 9.90 Å². The van der Waals surface area contributed by atoms with Crippen molar-refractivity contribution in [2.75, 3.05) is 12.9 Å². The number of hydrogen-bond acceptors (Lipinski definition) is 4. The number of methoxy groups -OCH3 is 1. The normalized spacial score (nSPS) is 13.2. The highest BCUT2D eigenvalue weighted by Crippen LogP contribution is 2.37. The Hall–Kier alpha value is -1.00. The fraction of sp³-hybridized carbons (Fsp3) is 0.500. The molecule has 0 aliphatic heterocycles. The second kappa shape index (κ2) is 6.25. The molecule has 0 fully saturated rings. The average Bonchev–Trinajstić information content (AvgIpc) is 2.38. The molecule has 4 heteroatoms. The van der Waals surface area contributed by atoms with Crippen molar-refractivity contribution in [2.24, 2.45) is 5.41 Å². The molecule has 1 atom stereocenters. The van der Waals surface area contributed by atoms with E-state index in [-0.39, 0.29) is 5.12 Å². The number of benzene rings is 1. The molecule has 0 bridgehead atoms.